The van der Waals surface area contributed by atoms with Crippen molar-refractivity contribution in [2.24, 2.45) is 4.99 Å². The Morgan fingerprint density at radius 1 is 0.875 bits per heavy atom. The molecular formula is C32H54N8. The number of aliphatic imine (C=N–C) groups is 1. The van der Waals surface area contributed by atoms with Crippen molar-refractivity contribution in [1.29, 1.82) is 0 Å². The molecule has 3 rings (SSSR count). The van der Waals surface area contributed by atoms with Gasteiger partial charge < -0.3 is 37.2 Å². The molecule has 1 unspecified atom stereocenters. The highest BCUT2D eigenvalue weighted by Crippen LogP contribution is 2.26. The number of rotatable bonds is 22. The van der Waals surface area contributed by atoms with Crippen LogP contribution in [0.25, 0.3) is 0 Å². The molecular weight excluding hydrogens is 496 g/mol. The summed E-state index contributed by atoms with van der Waals surface area (Å²) < 4.78 is 0. The summed E-state index contributed by atoms with van der Waals surface area (Å²) in [5.74, 6) is 1.08. The third kappa shape index (κ3) is 12.9. The highest BCUT2D eigenvalue weighted by atomic mass is 15.1. The monoisotopic (exact) mass is 550 g/mol. The Morgan fingerprint density at radius 2 is 1.52 bits per heavy atom. The van der Waals surface area contributed by atoms with Crippen molar-refractivity contribution < 1.29 is 0 Å². The van der Waals surface area contributed by atoms with E-state index in [9.17, 15) is 0 Å². The van der Waals surface area contributed by atoms with Gasteiger partial charge in [0.1, 0.15) is 5.84 Å². The highest BCUT2D eigenvalue weighted by Gasteiger charge is 2.16. The molecule has 0 saturated heterocycles. The molecule has 0 bridgehead atoms. The van der Waals surface area contributed by atoms with Gasteiger partial charge in [-0.1, -0.05) is 37.8 Å². The number of nitrogens with zero attached hydrogens (tertiary/aromatic N) is 1. The maximum atomic E-state index is 4.51. The average Bonchev–Trinajstić information content (AvgIpc) is 3.45. The fraction of sp³-hybridized carbons (Fsp3) is 0.594. The molecule has 1 aromatic carbocycles. The Balaban J connectivity index is 1.02. The lowest BCUT2D eigenvalue weighted by Crippen LogP contribution is -2.33. The predicted octanol–water partition coefficient (Wildman–Crippen LogP) is 4.69. The lowest BCUT2D eigenvalue weighted by Gasteiger charge is -2.28. The van der Waals surface area contributed by atoms with E-state index in [2.05, 4.69) is 85.7 Å². The van der Waals surface area contributed by atoms with Crippen LogP contribution in [0, 0.1) is 0 Å². The SMILES string of the molecule is C=C(CCC1=NC/C(=C\C)N1)NCCCNCCCCCNCCCNC(=C)CCC1CNc2ccccc2N1. The maximum absolute atomic E-state index is 4.51. The Kier molecular flexibility index (Phi) is 15.1. The summed E-state index contributed by atoms with van der Waals surface area (Å²) in [4.78, 5) is 4.51. The van der Waals surface area contributed by atoms with E-state index in [0.29, 0.717) is 6.04 Å². The van der Waals surface area contributed by atoms with Crippen molar-refractivity contribution in [2.45, 2.75) is 70.8 Å². The van der Waals surface area contributed by atoms with Crippen LogP contribution < -0.4 is 37.2 Å². The van der Waals surface area contributed by atoms with Crippen molar-refractivity contribution in [3.05, 3.63) is 60.6 Å². The van der Waals surface area contributed by atoms with Gasteiger partial charge >= 0.3 is 0 Å². The number of hydrogen-bond acceptors (Lipinski definition) is 8. The molecule has 1 atom stereocenters. The zero-order valence-corrected chi connectivity index (χ0v) is 24.8. The summed E-state index contributed by atoms with van der Waals surface area (Å²) in [5, 5.41) is 24.6. The van der Waals surface area contributed by atoms with Crippen LogP contribution in [0.2, 0.25) is 0 Å². The summed E-state index contributed by atoms with van der Waals surface area (Å²) in [6.45, 7) is 18.4. The van der Waals surface area contributed by atoms with E-state index in [4.69, 9.17) is 0 Å². The highest BCUT2D eigenvalue weighted by molar-refractivity contribution is 5.86. The molecule has 1 aromatic rings. The number of amidine groups is 1. The van der Waals surface area contributed by atoms with Gasteiger partial charge in [0.25, 0.3) is 0 Å². The molecule has 0 saturated carbocycles. The number of benzene rings is 1. The largest absolute Gasteiger partial charge is 0.389 e. The standard InChI is InChI=1S/C32H54N8/c1-4-28-24-38-32(40-28)17-15-27(3)36-23-11-21-34-19-9-5-8-18-33-20-10-22-35-26(2)14-16-29-25-37-30-12-6-7-13-31(30)39-29/h4,6-7,12-13,29,33-37,39H,2-3,5,8-11,14-25H2,1H3,(H,38,40)/b28-4+. The zero-order valence-electron chi connectivity index (χ0n) is 24.8. The van der Waals surface area contributed by atoms with Crippen LogP contribution in [0.5, 0.6) is 0 Å². The molecule has 7 N–H and O–H groups in total. The minimum absolute atomic E-state index is 0.450. The molecule has 0 spiro atoms. The second kappa shape index (κ2) is 19.2. The molecule has 0 amide bonds. The van der Waals surface area contributed by atoms with E-state index in [0.717, 1.165) is 108 Å². The summed E-state index contributed by atoms with van der Waals surface area (Å²) in [6, 6.07) is 8.86. The number of fused-ring (bicyclic) bond motifs is 1. The Bertz CT molecular complexity index is 954. The predicted molar refractivity (Wildman–Crippen MR) is 173 cm³/mol. The Labute approximate surface area is 243 Å². The second-order valence-corrected chi connectivity index (χ2v) is 10.8. The van der Waals surface area contributed by atoms with E-state index >= 15 is 0 Å². The van der Waals surface area contributed by atoms with Crippen LogP contribution >= 0.6 is 0 Å². The molecule has 8 nitrogen and oxygen atoms in total. The van der Waals surface area contributed by atoms with Crippen molar-refractivity contribution in [2.75, 3.05) is 63.0 Å². The molecule has 2 aliphatic heterocycles. The van der Waals surface area contributed by atoms with Gasteiger partial charge in [-0.2, -0.15) is 0 Å². The summed E-state index contributed by atoms with van der Waals surface area (Å²) >= 11 is 0. The van der Waals surface area contributed by atoms with Gasteiger partial charge in [0, 0.05) is 49.2 Å². The number of anilines is 2. The van der Waals surface area contributed by atoms with Crippen LogP contribution in [0.1, 0.15) is 64.7 Å². The van der Waals surface area contributed by atoms with E-state index in [-0.39, 0.29) is 0 Å². The lowest BCUT2D eigenvalue weighted by molar-refractivity contribution is 0.550. The van der Waals surface area contributed by atoms with Crippen molar-refractivity contribution >= 4 is 17.2 Å². The van der Waals surface area contributed by atoms with Gasteiger partial charge in [0.05, 0.1) is 17.9 Å². The van der Waals surface area contributed by atoms with Crippen molar-refractivity contribution in [1.82, 2.24) is 26.6 Å². The van der Waals surface area contributed by atoms with E-state index in [1.807, 2.05) is 6.92 Å². The lowest BCUT2D eigenvalue weighted by atomic mass is 10.1. The maximum Gasteiger partial charge on any atom is 0.101 e. The summed E-state index contributed by atoms with van der Waals surface area (Å²) in [7, 11) is 0. The van der Waals surface area contributed by atoms with Crippen LogP contribution in [-0.2, 0) is 0 Å². The minimum atomic E-state index is 0.450. The number of nitrogens with one attached hydrogen (secondary N) is 7. The first kappa shape index (κ1) is 31.6. The first-order valence-corrected chi connectivity index (χ1v) is 15.4. The van der Waals surface area contributed by atoms with Crippen molar-refractivity contribution in [3.63, 3.8) is 0 Å². The average molecular weight is 551 g/mol. The fourth-order valence-corrected chi connectivity index (χ4v) is 4.87. The summed E-state index contributed by atoms with van der Waals surface area (Å²) in [5.41, 5.74) is 5.84. The minimum Gasteiger partial charge on any atom is -0.389 e. The Morgan fingerprint density at radius 3 is 2.20 bits per heavy atom. The first-order valence-electron chi connectivity index (χ1n) is 15.4. The normalized spacial score (nSPS) is 16.9. The quantitative estimate of drug-likeness (QED) is 0.105. The molecule has 0 radical (unpaired) electrons. The smallest absolute Gasteiger partial charge is 0.101 e. The van der Waals surface area contributed by atoms with Gasteiger partial charge in [0.15, 0.2) is 0 Å². The molecule has 2 heterocycles. The third-order valence-electron chi connectivity index (χ3n) is 7.40. The van der Waals surface area contributed by atoms with Crippen LogP contribution in [0.15, 0.2) is 65.6 Å². The van der Waals surface area contributed by atoms with Gasteiger partial charge in [-0.15, -0.1) is 0 Å². The fourth-order valence-electron chi connectivity index (χ4n) is 4.87. The summed E-state index contributed by atoms with van der Waals surface area (Å²) in [6.07, 6.45) is 12.0. The molecule has 40 heavy (non-hydrogen) atoms. The molecule has 0 fully saturated rings. The molecule has 0 aliphatic carbocycles. The van der Waals surface area contributed by atoms with E-state index in [1.165, 1.54) is 36.3 Å². The van der Waals surface area contributed by atoms with Gasteiger partial charge in [-0.05, 0) is 90.2 Å². The van der Waals surface area contributed by atoms with Gasteiger partial charge in [-0.3, -0.25) is 4.99 Å². The second-order valence-electron chi connectivity index (χ2n) is 10.8. The molecule has 222 valence electrons. The number of hydrogen-bond donors (Lipinski definition) is 7. The first-order chi connectivity index (χ1) is 19.6. The van der Waals surface area contributed by atoms with Crippen LogP contribution in [0.4, 0.5) is 11.4 Å². The number of allylic oxidation sites excluding steroid dienone is 3. The molecule has 0 aromatic heterocycles. The third-order valence-corrected chi connectivity index (χ3v) is 7.40. The molecule has 8 heteroatoms. The topological polar surface area (TPSA) is 96.6 Å². The van der Waals surface area contributed by atoms with E-state index < -0.39 is 0 Å². The Hall–Kier alpha value is -2.97. The number of unbranched alkanes of at least 4 members (excludes halogenated alkanes) is 2. The molecule has 2 aliphatic rings. The van der Waals surface area contributed by atoms with Gasteiger partial charge in [-0.25, -0.2) is 0 Å². The zero-order chi connectivity index (χ0) is 28.3. The van der Waals surface area contributed by atoms with Gasteiger partial charge in [0.2, 0.25) is 0 Å². The van der Waals surface area contributed by atoms with E-state index in [1.54, 1.807) is 0 Å². The number of para-hydroxylation sites is 2. The van der Waals surface area contributed by atoms with Crippen LogP contribution in [0.3, 0.4) is 0 Å². The van der Waals surface area contributed by atoms with Crippen LogP contribution in [-0.4, -0.2) is 64.2 Å². The van der Waals surface area contributed by atoms with Crippen molar-refractivity contribution in [3.8, 4) is 0 Å².